The van der Waals surface area contributed by atoms with Gasteiger partial charge in [-0.1, -0.05) is 6.07 Å². The minimum Gasteiger partial charge on any atom is -0.494 e. The Morgan fingerprint density at radius 2 is 2.38 bits per heavy atom. The Labute approximate surface area is 130 Å². The molecule has 6 heteroatoms. The minimum atomic E-state index is -0.249. The van der Waals surface area contributed by atoms with E-state index in [9.17, 15) is 4.79 Å². The van der Waals surface area contributed by atoms with Crippen LogP contribution in [0, 0.1) is 0 Å². The van der Waals surface area contributed by atoms with Gasteiger partial charge in [0.15, 0.2) is 5.11 Å². The second-order valence-corrected chi connectivity index (χ2v) is 5.17. The highest BCUT2D eigenvalue weighted by atomic mass is 32.1. The first kappa shape index (κ1) is 15.7. The molecule has 1 aromatic rings. The zero-order chi connectivity index (χ0) is 15.1. The topological polar surface area (TPSA) is 59.6 Å². The zero-order valence-corrected chi connectivity index (χ0v) is 12.9. The maximum absolute atomic E-state index is 12.1. The first-order valence-corrected chi connectivity index (χ1v) is 7.53. The zero-order valence-electron chi connectivity index (χ0n) is 12.1. The van der Waals surface area contributed by atoms with Gasteiger partial charge in [-0.2, -0.15) is 0 Å². The van der Waals surface area contributed by atoms with Crippen LogP contribution in [0.1, 0.15) is 30.1 Å². The van der Waals surface area contributed by atoms with Crippen molar-refractivity contribution in [2.45, 2.75) is 25.9 Å². The van der Waals surface area contributed by atoms with Crippen molar-refractivity contribution in [3.63, 3.8) is 0 Å². The number of hydrogen-bond acceptors (Lipinski definition) is 4. The first-order valence-electron chi connectivity index (χ1n) is 7.12. The van der Waals surface area contributed by atoms with E-state index in [1.54, 1.807) is 18.2 Å². The van der Waals surface area contributed by atoms with E-state index in [1.165, 1.54) is 0 Å². The summed E-state index contributed by atoms with van der Waals surface area (Å²) in [6.45, 7) is 3.89. The van der Waals surface area contributed by atoms with E-state index >= 15 is 0 Å². The molecule has 1 amide bonds. The predicted octanol–water partition coefficient (Wildman–Crippen LogP) is 1.87. The Balaban J connectivity index is 1.82. The molecule has 1 fully saturated rings. The molecule has 1 heterocycles. The lowest BCUT2D eigenvalue weighted by atomic mass is 10.2. The number of carbonyl (C=O) groups excluding carboxylic acids is 1. The van der Waals surface area contributed by atoms with Crippen LogP contribution in [-0.4, -0.2) is 36.9 Å². The average molecular weight is 308 g/mol. The van der Waals surface area contributed by atoms with Gasteiger partial charge >= 0.3 is 0 Å². The van der Waals surface area contributed by atoms with Crippen LogP contribution in [0.4, 0.5) is 0 Å². The monoisotopic (exact) mass is 308 g/mol. The summed E-state index contributed by atoms with van der Waals surface area (Å²) >= 11 is 5.12. The van der Waals surface area contributed by atoms with Crippen molar-refractivity contribution in [1.82, 2.24) is 10.6 Å². The lowest BCUT2D eigenvalue weighted by molar-refractivity contribution is 0.0972. The molecule has 1 aliphatic rings. The van der Waals surface area contributed by atoms with Gasteiger partial charge in [0.1, 0.15) is 5.75 Å². The van der Waals surface area contributed by atoms with Crippen molar-refractivity contribution < 1.29 is 14.3 Å². The fourth-order valence-electron chi connectivity index (χ4n) is 2.13. The first-order chi connectivity index (χ1) is 10.2. The summed E-state index contributed by atoms with van der Waals surface area (Å²) in [4.78, 5) is 12.1. The quantitative estimate of drug-likeness (QED) is 0.813. The summed E-state index contributed by atoms with van der Waals surface area (Å²) in [6.07, 6.45) is 2.29. The third-order valence-corrected chi connectivity index (χ3v) is 3.39. The van der Waals surface area contributed by atoms with Gasteiger partial charge < -0.3 is 14.8 Å². The molecule has 0 radical (unpaired) electrons. The van der Waals surface area contributed by atoms with Gasteiger partial charge in [-0.25, -0.2) is 0 Å². The molecule has 1 aromatic carbocycles. The number of thiocarbonyl (C=S) groups is 1. The maximum atomic E-state index is 12.1. The molecule has 1 atom stereocenters. The molecular weight excluding hydrogens is 288 g/mol. The number of hydrogen-bond donors (Lipinski definition) is 2. The molecule has 21 heavy (non-hydrogen) atoms. The van der Waals surface area contributed by atoms with Gasteiger partial charge in [0.05, 0.1) is 12.7 Å². The molecule has 0 aromatic heterocycles. The summed E-state index contributed by atoms with van der Waals surface area (Å²) in [5, 5.41) is 5.99. The maximum Gasteiger partial charge on any atom is 0.257 e. The van der Waals surface area contributed by atoms with Gasteiger partial charge in [0.25, 0.3) is 5.91 Å². The smallest absolute Gasteiger partial charge is 0.257 e. The van der Waals surface area contributed by atoms with E-state index < -0.39 is 0 Å². The van der Waals surface area contributed by atoms with Gasteiger partial charge in [0, 0.05) is 18.7 Å². The summed E-state index contributed by atoms with van der Waals surface area (Å²) in [5.74, 6) is 0.421. The summed E-state index contributed by atoms with van der Waals surface area (Å²) in [5.41, 5.74) is 0.516. The molecular formula is C15H20N2O3S. The van der Waals surface area contributed by atoms with Crippen molar-refractivity contribution in [3.05, 3.63) is 29.8 Å². The third-order valence-electron chi connectivity index (χ3n) is 3.15. The highest BCUT2D eigenvalue weighted by Crippen LogP contribution is 2.13. The molecule has 0 aliphatic carbocycles. The van der Waals surface area contributed by atoms with Crippen LogP contribution in [-0.2, 0) is 4.74 Å². The summed E-state index contributed by atoms with van der Waals surface area (Å²) < 4.78 is 10.9. The molecule has 5 nitrogen and oxygen atoms in total. The number of amides is 1. The van der Waals surface area contributed by atoms with Crippen molar-refractivity contribution in [2.24, 2.45) is 0 Å². The van der Waals surface area contributed by atoms with Crippen LogP contribution in [0.5, 0.6) is 5.75 Å². The van der Waals surface area contributed by atoms with Crippen LogP contribution in [0.2, 0.25) is 0 Å². The van der Waals surface area contributed by atoms with Crippen molar-refractivity contribution in [3.8, 4) is 5.75 Å². The second kappa shape index (κ2) is 7.95. The molecule has 0 saturated carbocycles. The van der Waals surface area contributed by atoms with Gasteiger partial charge in [-0.3, -0.25) is 10.1 Å². The number of carbonyl (C=O) groups is 1. The summed E-state index contributed by atoms with van der Waals surface area (Å²) in [6, 6.07) is 7.01. The predicted molar refractivity (Wildman–Crippen MR) is 84.7 cm³/mol. The second-order valence-electron chi connectivity index (χ2n) is 4.76. The van der Waals surface area contributed by atoms with Crippen LogP contribution in [0.15, 0.2) is 24.3 Å². The van der Waals surface area contributed by atoms with Crippen LogP contribution >= 0.6 is 12.2 Å². The molecule has 0 unspecified atom stereocenters. The van der Waals surface area contributed by atoms with E-state index in [-0.39, 0.29) is 12.0 Å². The van der Waals surface area contributed by atoms with Gasteiger partial charge in [0.2, 0.25) is 0 Å². The molecule has 1 saturated heterocycles. The Bertz CT molecular complexity index is 501. The lowest BCUT2D eigenvalue weighted by Crippen LogP contribution is -2.42. The van der Waals surface area contributed by atoms with Gasteiger partial charge in [-0.15, -0.1) is 0 Å². The normalized spacial score (nSPS) is 17.3. The van der Waals surface area contributed by atoms with Crippen LogP contribution < -0.4 is 15.4 Å². The fourth-order valence-corrected chi connectivity index (χ4v) is 2.30. The molecule has 2 rings (SSSR count). The SMILES string of the molecule is CCOc1cccc(C(=O)NC(=S)NC[C@@H]2CCCO2)c1. The van der Waals surface area contributed by atoms with Gasteiger partial charge in [-0.05, 0) is 50.2 Å². The fraction of sp³-hybridized carbons (Fsp3) is 0.467. The van der Waals surface area contributed by atoms with Crippen LogP contribution in [0.25, 0.3) is 0 Å². The Hall–Kier alpha value is -1.66. The van der Waals surface area contributed by atoms with Crippen molar-refractivity contribution >= 4 is 23.2 Å². The third kappa shape index (κ3) is 4.99. The van der Waals surface area contributed by atoms with E-state index in [1.807, 2.05) is 13.0 Å². The van der Waals surface area contributed by atoms with E-state index in [4.69, 9.17) is 21.7 Å². The van der Waals surface area contributed by atoms with E-state index in [0.717, 1.165) is 19.4 Å². The number of rotatable bonds is 5. The van der Waals surface area contributed by atoms with Crippen molar-refractivity contribution in [2.75, 3.05) is 19.8 Å². The highest BCUT2D eigenvalue weighted by molar-refractivity contribution is 7.80. The number of ether oxygens (including phenoxy) is 2. The van der Waals surface area contributed by atoms with Crippen molar-refractivity contribution in [1.29, 1.82) is 0 Å². The average Bonchev–Trinajstić information content (AvgIpc) is 2.99. The Morgan fingerprint density at radius 3 is 3.10 bits per heavy atom. The minimum absolute atomic E-state index is 0.182. The Kier molecular flexibility index (Phi) is 5.95. The molecule has 0 spiro atoms. The molecule has 2 N–H and O–H groups in total. The summed E-state index contributed by atoms with van der Waals surface area (Å²) in [7, 11) is 0. The lowest BCUT2D eigenvalue weighted by Gasteiger charge is -2.13. The number of benzene rings is 1. The highest BCUT2D eigenvalue weighted by Gasteiger charge is 2.16. The standard InChI is InChI=1S/C15H20N2O3S/c1-2-19-12-6-3-5-11(9-12)14(18)17-15(21)16-10-13-7-4-8-20-13/h3,5-6,9,13H,2,4,7-8,10H2,1H3,(H2,16,17,18,21)/t13-/m0/s1. The molecule has 1 aliphatic heterocycles. The van der Waals surface area contributed by atoms with E-state index in [2.05, 4.69) is 10.6 Å². The number of nitrogens with one attached hydrogen (secondary N) is 2. The molecule has 114 valence electrons. The largest absolute Gasteiger partial charge is 0.494 e. The molecule has 0 bridgehead atoms. The van der Waals surface area contributed by atoms with Crippen LogP contribution in [0.3, 0.4) is 0 Å². The Morgan fingerprint density at radius 1 is 1.52 bits per heavy atom. The van der Waals surface area contributed by atoms with E-state index in [0.29, 0.717) is 29.6 Å².